The molecule has 1 aromatic carbocycles. The van der Waals surface area contributed by atoms with Crippen LogP contribution >= 0.6 is 0 Å². The molecule has 0 radical (unpaired) electrons. The number of nitrogens with one attached hydrogen (secondary N) is 1. The summed E-state index contributed by atoms with van der Waals surface area (Å²) in [6, 6.07) is 5.91. The molecule has 0 spiro atoms. The molecular weight excluding hydrogens is 346 g/mol. The molecule has 1 aromatic heterocycles. The number of anilines is 1. The van der Waals surface area contributed by atoms with E-state index in [4.69, 9.17) is 9.47 Å². The van der Waals surface area contributed by atoms with Crippen molar-refractivity contribution < 1.29 is 14.3 Å². The van der Waals surface area contributed by atoms with Crippen molar-refractivity contribution in [3.05, 3.63) is 42.4 Å². The summed E-state index contributed by atoms with van der Waals surface area (Å²) in [5.74, 6) is 2.43. The summed E-state index contributed by atoms with van der Waals surface area (Å²) in [5, 5.41) is 3.00. The molecule has 8 nitrogen and oxygen atoms in total. The van der Waals surface area contributed by atoms with Crippen molar-refractivity contribution in [1.82, 2.24) is 20.2 Å². The van der Waals surface area contributed by atoms with Crippen molar-refractivity contribution in [1.29, 1.82) is 0 Å². The summed E-state index contributed by atoms with van der Waals surface area (Å²) >= 11 is 0. The third-order valence-corrected chi connectivity index (χ3v) is 4.74. The van der Waals surface area contributed by atoms with Gasteiger partial charge in [0.05, 0.1) is 6.20 Å². The number of carbonyl (C=O) groups is 1. The molecule has 0 aliphatic carbocycles. The summed E-state index contributed by atoms with van der Waals surface area (Å²) in [6.45, 7) is 4.62. The highest BCUT2D eigenvalue weighted by atomic mass is 16.6. The van der Waals surface area contributed by atoms with Gasteiger partial charge >= 0.3 is 6.03 Å². The van der Waals surface area contributed by atoms with Crippen LogP contribution in [0.25, 0.3) is 0 Å². The topological polar surface area (TPSA) is 79.8 Å². The number of benzene rings is 1. The van der Waals surface area contributed by atoms with Gasteiger partial charge < -0.3 is 24.6 Å². The molecule has 3 heterocycles. The number of urea groups is 1. The SMILES string of the molecule is O=C(NCCc1ccc2c(c1)OCCO2)N1CCN(c2cnccn2)CC1. The number of amides is 2. The van der Waals surface area contributed by atoms with Crippen LogP contribution in [0.2, 0.25) is 0 Å². The van der Waals surface area contributed by atoms with E-state index >= 15 is 0 Å². The minimum Gasteiger partial charge on any atom is -0.486 e. The molecule has 1 fully saturated rings. The minimum absolute atomic E-state index is 0.0219. The maximum Gasteiger partial charge on any atom is 0.317 e. The predicted molar refractivity (Wildman–Crippen MR) is 100 cm³/mol. The zero-order valence-electron chi connectivity index (χ0n) is 15.1. The van der Waals surface area contributed by atoms with Gasteiger partial charge in [0.25, 0.3) is 0 Å². The van der Waals surface area contributed by atoms with E-state index in [0.717, 1.165) is 42.4 Å². The smallest absolute Gasteiger partial charge is 0.317 e. The highest BCUT2D eigenvalue weighted by Crippen LogP contribution is 2.30. The second kappa shape index (κ2) is 8.11. The average molecular weight is 369 g/mol. The van der Waals surface area contributed by atoms with Crippen LogP contribution in [0.3, 0.4) is 0 Å². The third-order valence-electron chi connectivity index (χ3n) is 4.74. The van der Waals surface area contributed by atoms with Gasteiger partial charge in [-0.1, -0.05) is 6.07 Å². The Morgan fingerprint density at radius 1 is 1.07 bits per heavy atom. The van der Waals surface area contributed by atoms with E-state index in [2.05, 4.69) is 20.2 Å². The lowest BCUT2D eigenvalue weighted by molar-refractivity contribution is 0.171. The summed E-state index contributed by atoms with van der Waals surface area (Å²) in [6.07, 6.45) is 5.85. The fourth-order valence-corrected chi connectivity index (χ4v) is 3.26. The average Bonchev–Trinajstić information content (AvgIpc) is 2.74. The molecule has 4 rings (SSSR count). The van der Waals surface area contributed by atoms with Crippen molar-refractivity contribution in [3.63, 3.8) is 0 Å². The van der Waals surface area contributed by atoms with Crippen LogP contribution in [-0.2, 0) is 6.42 Å². The van der Waals surface area contributed by atoms with Crippen LogP contribution in [0.15, 0.2) is 36.8 Å². The van der Waals surface area contributed by atoms with E-state index in [0.29, 0.717) is 32.8 Å². The Hall–Kier alpha value is -3.03. The van der Waals surface area contributed by atoms with E-state index in [1.807, 2.05) is 23.1 Å². The number of rotatable bonds is 4. The number of carbonyl (C=O) groups excluding carboxylic acids is 1. The zero-order chi connectivity index (χ0) is 18.5. The number of hydrogen-bond donors (Lipinski definition) is 1. The van der Waals surface area contributed by atoms with Crippen molar-refractivity contribution in [2.24, 2.45) is 0 Å². The van der Waals surface area contributed by atoms with E-state index < -0.39 is 0 Å². The maximum atomic E-state index is 12.4. The van der Waals surface area contributed by atoms with Crippen molar-refractivity contribution in [2.75, 3.05) is 50.8 Å². The second-order valence-electron chi connectivity index (χ2n) is 6.50. The van der Waals surface area contributed by atoms with Crippen LogP contribution in [0.1, 0.15) is 5.56 Å². The van der Waals surface area contributed by atoms with Crippen LogP contribution in [0, 0.1) is 0 Å². The first kappa shape index (κ1) is 17.4. The molecule has 0 bridgehead atoms. The lowest BCUT2D eigenvalue weighted by Crippen LogP contribution is -2.52. The molecule has 27 heavy (non-hydrogen) atoms. The largest absolute Gasteiger partial charge is 0.486 e. The molecule has 0 saturated carbocycles. The highest BCUT2D eigenvalue weighted by molar-refractivity contribution is 5.74. The van der Waals surface area contributed by atoms with Crippen LogP contribution < -0.4 is 19.7 Å². The van der Waals surface area contributed by atoms with Gasteiger partial charge in [-0.25, -0.2) is 9.78 Å². The lowest BCUT2D eigenvalue weighted by atomic mass is 10.1. The number of piperazine rings is 1. The zero-order valence-corrected chi connectivity index (χ0v) is 15.1. The van der Waals surface area contributed by atoms with Gasteiger partial charge in [-0.05, 0) is 24.1 Å². The van der Waals surface area contributed by atoms with E-state index in [1.165, 1.54) is 0 Å². The number of hydrogen-bond acceptors (Lipinski definition) is 6. The van der Waals surface area contributed by atoms with Crippen molar-refractivity contribution in [3.8, 4) is 11.5 Å². The van der Waals surface area contributed by atoms with E-state index in [-0.39, 0.29) is 6.03 Å². The van der Waals surface area contributed by atoms with E-state index in [9.17, 15) is 4.79 Å². The molecule has 0 unspecified atom stereocenters. The monoisotopic (exact) mass is 369 g/mol. The van der Waals surface area contributed by atoms with Crippen LogP contribution in [-0.4, -0.2) is 66.8 Å². The molecule has 8 heteroatoms. The number of ether oxygens (including phenoxy) is 2. The molecule has 2 amide bonds. The fourth-order valence-electron chi connectivity index (χ4n) is 3.26. The highest BCUT2D eigenvalue weighted by Gasteiger charge is 2.21. The Morgan fingerprint density at radius 3 is 2.67 bits per heavy atom. The van der Waals surface area contributed by atoms with E-state index in [1.54, 1.807) is 18.6 Å². The first-order chi connectivity index (χ1) is 13.3. The molecule has 2 aliphatic heterocycles. The third kappa shape index (κ3) is 4.21. The molecule has 1 N–H and O–H groups in total. The quantitative estimate of drug-likeness (QED) is 0.876. The Labute approximate surface area is 158 Å². The van der Waals surface area contributed by atoms with Gasteiger partial charge in [-0.2, -0.15) is 0 Å². The van der Waals surface area contributed by atoms with Gasteiger partial charge in [0.1, 0.15) is 19.0 Å². The maximum absolute atomic E-state index is 12.4. The second-order valence-corrected chi connectivity index (χ2v) is 6.50. The normalized spacial score (nSPS) is 16.1. The van der Waals surface area contributed by atoms with Crippen LogP contribution in [0.5, 0.6) is 11.5 Å². The van der Waals surface area contributed by atoms with Gasteiger partial charge in [-0.15, -0.1) is 0 Å². The van der Waals surface area contributed by atoms with Gasteiger partial charge in [0.2, 0.25) is 0 Å². The molecular formula is C19H23N5O3. The standard InChI is InChI=1S/C19H23N5O3/c25-19(24-9-7-23(8-10-24)18-14-20-5-6-21-18)22-4-3-15-1-2-16-17(13-15)27-12-11-26-16/h1-2,5-6,13-14H,3-4,7-12H2,(H,22,25). The molecule has 2 aromatic rings. The summed E-state index contributed by atoms with van der Waals surface area (Å²) in [7, 11) is 0. The number of fused-ring (bicyclic) bond motifs is 1. The summed E-state index contributed by atoms with van der Waals surface area (Å²) in [5.41, 5.74) is 1.12. The Bertz CT molecular complexity index is 778. The van der Waals surface area contributed by atoms with Gasteiger partial charge in [-0.3, -0.25) is 4.98 Å². The Morgan fingerprint density at radius 2 is 1.89 bits per heavy atom. The predicted octanol–water partition coefficient (Wildman–Crippen LogP) is 1.32. The van der Waals surface area contributed by atoms with Crippen molar-refractivity contribution >= 4 is 11.8 Å². The molecule has 142 valence electrons. The number of nitrogens with zero attached hydrogens (tertiary/aromatic N) is 4. The Balaban J connectivity index is 1.22. The summed E-state index contributed by atoms with van der Waals surface area (Å²) < 4.78 is 11.1. The van der Waals surface area contributed by atoms with Crippen LogP contribution in [0.4, 0.5) is 10.6 Å². The fraction of sp³-hybridized carbons (Fsp3) is 0.421. The molecule has 2 aliphatic rings. The number of aromatic nitrogens is 2. The molecule has 1 saturated heterocycles. The molecule has 0 atom stereocenters. The minimum atomic E-state index is -0.0219. The lowest BCUT2D eigenvalue weighted by Gasteiger charge is -2.35. The van der Waals surface area contributed by atoms with Crippen molar-refractivity contribution in [2.45, 2.75) is 6.42 Å². The first-order valence-electron chi connectivity index (χ1n) is 9.22. The first-order valence-corrected chi connectivity index (χ1v) is 9.22. The summed E-state index contributed by atoms with van der Waals surface area (Å²) in [4.78, 5) is 24.8. The van der Waals surface area contributed by atoms with Gasteiger partial charge in [0, 0.05) is 45.1 Å². The Kier molecular flexibility index (Phi) is 5.22. The van der Waals surface area contributed by atoms with Gasteiger partial charge in [0.15, 0.2) is 11.5 Å².